The van der Waals surface area contributed by atoms with Gasteiger partial charge in [-0.3, -0.25) is 19.4 Å². The van der Waals surface area contributed by atoms with Gasteiger partial charge in [0.25, 0.3) is 11.8 Å². The summed E-state index contributed by atoms with van der Waals surface area (Å²) >= 11 is 26.4. The largest absolute Gasteiger partial charge is 0.484 e. The molecule has 7 N–H and O–H groups in total. The van der Waals surface area contributed by atoms with E-state index in [0.717, 1.165) is 67.6 Å². The smallest absolute Gasteiger partial charge is 0.407 e. The number of halogens is 4. The number of nitrogens with two attached hydrogens (primary N) is 1. The van der Waals surface area contributed by atoms with E-state index in [-0.39, 0.29) is 119 Å². The maximum Gasteiger partial charge on any atom is 0.407 e. The van der Waals surface area contributed by atoms with Crippen molar-refractivity contribution < 1.29 is 83.3 Å². The monoisotopic (exact) mass is 1690 g/mol. The number of likely N-dealkylation sites (tertiary alicyclic amines) is 2. The van der Waals surface area contributed by atoms with Gasteiger partial charge in [-0.1, -0.05) is 56.8 Å². The number of alkyl carbamates (subject to hydrolysis) is 1. The summed E-state index contributed by atoms with van der Waals surface area (Å²) in [6.07, 6.45) is 2.27. The van der Waals surface area contributed by atoms with Crippen molar-refractivity contribution in [2.45, 2.75) is 201 Å². The van der Waals surface area contributed by atoms with Crippen LogP contribution in [0.1, 0.15) is 120 Å². The van der Waals surface area contributed by atoms with Crippen molar-refractivity contribution in [3.8, 4) is 11.5 Å². The van der Waals surface area contributed by atoms with Crippen molar-refractivity contribution >= 4 is 84.4 Å². The number of hydrogen-bond acceptors (Lipinski definition) is 25. The predicted molar refractivity (Wildman–Crippen MR) is 415 cm³/mol. The fraction of sp³-hybridized carbons (Fsp3) is 0.587. The SMILES string of the molecule is CC(C)(C)OC(=O)N[C@@H]1CCCN([C@H]2Cc3c(Cl)cc(Cl)cc3[C@@H]2Oc2ccc(S(=O)(=O)NCCOCCOCCn3cc(CNC(=O)[C@H]4OC(C)(C)O[C@@H]4[C@@H]4OC(C)(C)O[C@H]4C(=O)NCc4cn(CCOCCOCCNS(=O)(=O)c5ccc(O[C@H]6c7cc(Cl)cc(Cl)c7C[C@@H]6N6CCC[C@@H](N)C6)cc5)nn4)nn3)cc2)C1. The van der Waals surface area contributed by atoms with E-state index >= 15 is 0 Å². The lowest BCUT2D eigenvalue weighted by Crippen LogP contribution is -2.53. The van der Waals surface area contributed by atoms with Crippen LogP contribution < -0.4 is 40.6 Å². The number of carbonyl (C=O) groups is 3. The fourth-order valence-corrected chi connectivity index (χ4v) is 18.0. The van der Waals surface area contributed by atoms with Gasteiger partial charge in [0, 0.05) is 69.5 Å². The number of ether oxygens (including phenoxy) is 11. The molecular formula is C75H100Cl4N14O18S2. The van der Waals surface area contributed by atoms with Crippen LogP contribution in [0.3, 0.4) is 0 Å². The summed E-state index contributed by atoms with van der Waals surface area (Å²) in [4.78, 5) is 45.3. The van der Waals surface area contributed by atoms with Crippen LogP contribution in [0.5, 0.6) is 11.5 Å². The van der Waals surface area contributed by atoms with E-state index in [0.29, 0.717) is 75.5 Å². The highest BCUT2D eigenvalue weighted by molar-refractivity contribution is 7.89. The number of sulfonamides is 2. The third-order valence-electron chi connectivity index (χ3n) is 19.8. The second-order valence-corrected chi connectivity index (χ2v) is 35.7. The highest BCUT2D eigenvalue weighted by atomic mass is 35.5. The summed E-state index contributed by atoms with van der Waals surface area (Å²) < 4.78 is 128. The van der Waals surface area contributed by atoms with Crippen LogP contribution in [0.2, 0.25) is 20.1 Å². The molecule has 12 rings (SSSR count). The Morgan fingerprint density at radius 1 is 0.575 bits per heavy atom. The Morgan fingerprint density at radius 3 is 1.43 bits per heavy atom. The zero-order valence-electron chi connectivity index (χ0n) is 64.2. The molecule has 38 heteroatoms. The zero-order valence-corrected chi connectivity index (χ0v) is 68.8. The molecule has 0 bridgehead atoms. The first kappa shape index (κ1) is 85.9. The van der Waals surface area contributed by atoms with Crippen molar-refractivity contribution in [2.24, 2.45) is 5.73 Å². The Bertz CT molecular complexity index is 4460. The number of fused-ring (bicyclic) bond motifs is 2. The molecule has 4 aromatic carbocycles. The Kier molecular flexibility index (Phi) is 28.8. The number of amides is 3. The Balaban J connectivity index is 0.510. The predicted octanol–water partition coefficient (Wildman–Crippen LogP) is 6.98. The number of aromatic nitrogens is 6. The lowest BCUT2D eigenvalue weighted by Gasteiger charge is -2.39. The van der Waals surface area contributed by atoms with Crippen LogP contribution in [-0.4, -0.2) is 232 Å². The number of carbonyl (C=O) groups excluding carboxylic acids is 3. The summed E-state index contributed by atoms with van der Waals surface area (Å²) in [5, 5.41) is 27.5. The van der Waals surface area contributed by atoms with Gasteiger partial charge in [-0.25, -0.2) is 40.4 Å². The molecule has 618 valence electrons. The standard InChI is InChI=1S/C75H100Cl4N14O18S2/c1-73(2,3)111-72(96)85-49-11-9-23-91(43-49)63-39-57-59(35-47(77)37-61(57)79)65(63)106-53-14-18-55(19-15-53)113(99,100)84-21-27-102-31-33-104-29-25-93-45-51(87-89-93)41-82-71(95)69-67(108-75(6,7)110-69)66-68(109-74(4,5)107-66)70(94)81-40-50-44-92(88-86-50)24-28-103-32-30-101-26-20-83-112(97,98)54-16-12-52(13-17-54)105-64-58-34-46(76)36-60(78)56(58)38-62(64)90-22-8-10-48(80)42-90/h12-19,34-37,44-45,48-49,62-69,83-84H,8-11,20-33,38-43,80H2,1-7H3,(H,81,94)(H,82,95)(H,85,96)/t48-,49-,62+,63+,64+,65+,66+,67-,68-,69+/m1/s1. The maximum atomic E-state index is 13.9. The van der Waals surface area contributed by atoms with Gasteiger partial charge in [0.1, 0.15) is 52.9 Å². The molecule has 4 saturated heterocycles. The van der Waals surface area contributed by atoms with E-state index in [1.807, 2.05) is 32.9 Å². The first-order chi connectivity index (χ1) is 53.8. The number of piperidine rings is 2. The van der Waals surface area contributed by atoms with Gasteiger partial charge < -0.3 is 73.8 Å². The molecule has 4 aliphatic heterocycles. The van der Waals surface area contributed by atoms with Gasteiger partial charge in [-0.05, 0) is 184 Å². The van der Waals surface area contributed by atoms with E-state index in [1.54, 1.807) is 85.9 Å². The summed E-state index contributed by atoms with van der Waals surface area (Å²) in [6, 6.07) is 19.5. The quantitative estimate of drug-likeness (QED) is 0.0216. The highest BCUT2D eigenvalue weighted by Gasteiger charge is 2.58. The molecular weight excluding hydrogens is 1590 g/mol. The molecule has 0 unspecified atom stereocenters. The normalized spacial score (nSPS) is 23.8. The number of benzene rings is 4. The average molecular weight is 1690 g/mol. The van der Waals surface area contributed by atoms with Crippen LogP contribution in [0.4, 0.5) is 4.79 Å². The highest BCUT2D eigenvalue weighted by Crippen LogP contribution is 2.46. The molecule has 0 saturated carbocycles. The summed E-state index contributed by atoms with van der Waals surface area (Å²) in [5.74, 6) is -2.61. The molecule has 3 amide bonds. The fourth-order valence-electron chi connectivity index (χ4n) is 14.8. The minimum Gasteiger partial charge on any atom is -0.484 e. The van der Waals surface area contributed by atoms with Crippen LogP contribution in [-0.2, 0) is 111 Å². The summed E-state index contributed by atoms with van der Waals surface area (Å²) in [7, 11) is -7.77. The van der Waals surface area contributed by atoms with Crippen molar-refractivity contribution in [1.29, 1.82) is 0 Å². The van der Waals surface area contributed by atoms with Crippen molar-refractivity contribution in [3.63, 3.8) is 0 Å². The van der Waals surface area contributed by atoms with E-state index in [1.165, 1.54) is 24.3 Å². The van der Waals surface area contributed by atoms with E-state index < -0.39 is 85.6 Å². The molecule has 113 heavy (non-hydrogen) atoms. The lowest BCUT2D eigenvalue weighted by molar-refractivity contribution is -0.175. The van der Waals surface area contributed by atoms with Gasteiger partial charge in [0.05, 0.1) is 113 Å². The maximum absolute atomic E-state index is 13.9. The summed E-state index contributed by atoms with van der Waals surface area (Å²) in [6.45, 7) is 17.3. The number of rotatable bonds is 36. The molecule has 0 spiro atoms. The van der Waals surface area contributed by atoms with Crippen LogP contribution in [0.25, 0.3) is 0 Å². The Morgan fingerprint density at radius 2 is 1.00 bits per heavy atom. The molecule has 32 nitrogen and oxygen atoms in total. The van der Waals surface area contributed by atoms with Crippen molar-refractivity contribution in [2.75, 3.05) is 92.1 Å². The van der Waals surface area contributed by atoms with Gasteiger partial charge >= 0.3 is 6.09 Å². The second kappa shape index (κ2) is 37.8. The molecule has 2 aromatic heterocycles. The number of hydrogen-bond donors (Lipinski definition) is 6. The zero-order chi connectivity index (χ0) is 80.4. The summed E-state index contributed by atoms with van der Waals surface area (Å²) in [5.41, 5.74) is 10.3. The molecule has 4 fully saturated rings. The first-order valence-corrected chi connectivity index (χ1v) is 42.4. The average Bonchev–Trinajstić information content (AvgIpc) is 1.62. The van der Waals surface area contributed by atoms with Gasteiger partial charge in [0.2, 0.25) is 20.0 Å². The number of nitrogens with one attached hydrogen (secondary N) is 5. The van der Waals surface area contributed by atoms with Gasteiger partial charge in [-0.15, -0.1) is 10.2 Å². The lowest BCUT2D eigenvalue weighted by atomic mass is 10.0. The van der Waals surface area contributed by atoms with Gasteiger partial charge in [-0.2, -0.15) is 0 Å². The molecule has 6 heterocycles. The number of nitrogens with zero attached hydrogens (tertiary/aromatic N) is 8. The Labute approximate surface area is 678 Å². The van der Waals surface area contributed by atoms with Crippen LogP contribution in [0.15, 0.2) is 95.0 Å². The molecule has 6 aromatic rings. The van der Waals surface area contributed by atoms with Gasteiger partial charge in [0.15, 0.2) is 23.8 Å². The molecule has 6 aliphatic rings. The Hall–Kier alpha value is -6.49. The van der Waals surface area contributed by atoms with Crippen LogP contribution >= 0.6 is 46.4 Å². The first-order valence-electron chi connectivity index (χ1n) is 37.9. The molecule has 10 atom stereocenters. The van der Waals surface area contributed by atoms with E-state index in [4.69, 9.17) is 104 Å². The topological polar surface area (TPSA) is 375 Å². The minimum atomic E-state index is -3.91. The minimum absolute atomic E-state index is 0.00929. The molecule has 2 aliphatic carbocycles. The van der Waals surface area contributed by atoms with E-state index in [2.05, 4.69) is 55.8 Å². The third kappa shape index (κ3) is 23.2. The second-order valence-electron chi connectivity index (χ2n) is 30.5. The van der Waals surface area contributed by atoms with Crippen molar-refractivity contribution in [1.82, 2.24) is 65.2 Å². The molecule has 0 radical (unpaired) electrons. The van der Waals surface area contributed by atoms with Crippen molar-refractivity contribution in [3.05, 3.63) is 139 Å². The third-order valence-corrected chi connectivity index (χ3v) is 23.9. The van der Waals surface area contributed by atoms with Crippen LogP contribution in [0, 0.1) is 0 Å². The van der Waals surface area contributed by atoms with E-state index in [9.17, 15) is 31.2 Å².